The third kappa shape index (κ3) is 8.73. The van der Waals surface area contributed by atoms with Gasteiger partial charge in [0.25, 0.3) is 11.8 Å². The molecular formula is C26H27F3N4O4S. The van der Waals surface area contributed by atoms with Gasteiger partial charge in [-0.15, -0.1) is 24.5 Å². The van der Waals surface area contributed by atoms with E-state index >= 15 is 0 Å². The maximum absolute atomic E-state index is 12.6. The molecule has 0 bridgehead atoms. The highest BCUT2D eigenvalue weighted by Gasteiger charge is 2.31. The lowest BCUT2D eigenvalue weighted by atomic mass is 10.0. The Balaban J connectivity index is 1.14. The number of hydrogen-bond donors (Lipinski definition) is 2. The second-order valence-electron chi connectivity index (χ2n) is 8.72. The molecule has 3 aromatic rings. The van der Waals surface area contributed by atoms with E-state index in [1.54, 1.807) is 5.38 Å². The van der Waals surface area contributed by atoms with Crippen LogP contribution in [-0.4, -0.2) is 53.8 Å². The van der Waals surface area contributed by atoms with Crippen molar-refractivity contribution in [3.63, 3.8) is 0 Å². The molecule has 2 heterocycles. The molecule has 0 saturated carbocycles. The van der Waals surface area contributed by atoms with Crippen LogP contribution in [0.2, 0.25) is 0 Å². The smallest absolute Gasteiger partial charge is 0.484 e. The zero-order valence-electron chi connectivity index (χ0n) is 20.4. The first-order valence-electron chi connectivity index (χ1n) is 12.0. The first-order valence-corrected chi connectivity index (χ1v) is 12.9. The third-order valence-corrected chi connectivity index (χ3v) is 6.67. The number of ether oxygens (including phenoxy) is 2. The van der Waals surface area contributed by atoms with Crippen LogP contribution < -0.4 is 20.1 Å². The van der Waals surface area contributed by atoms with E-state index in [0.717, 1.165) is 44.6 Å². The largest absolute Gasteiger partial charge is 0.573 e. The summed E-state index contributed by atoms with van der Waals surface area (Å²) in [6.07, 6.45) is -3.05. The number of likely N-dealkylation sites (tertiary alicyclic amines) is 1. The highest BCUT2D eigenvalue weighted by molar-refractivity contribution is 7.09. The van der Waals surface area contributed by atoms with Gasteiger partial charge in [0.15, 0.2) is 6.61 Å². The van der Waals surface area contributed by atoms with Crippen LogP contribution >= 0.6 is 11.3 Å². The minimum absolute atomic E-state index is 0.0885. The zero-order valence-corrected chi connectivity index (χ0v) is 21.2. The van der Waals surface area contributed by atoms with Crippen molar-refractivity contribution in [2.75, 3.05) is 19.7 Å². The minimum atomic E-state index is -4.78. The van der Waals surface area contributed by atoms with Crippen LogP contribution in [0.25, 0.3) is 0 Å². The van der Waals surface area contributed by atoms with E-state index in [-0.39, 0.29) is 36.6 Å². The fourth-order valence-electron chi connectivity index (χ4n) is 3.94. The Morgan fingerprint density at radius 2 is 1.71 bits per heavy atom. The molecule has 1 aliphatic heterocycles. The Hall–Kier alpha value is -3.64. The van der Waals surface area contributed by atoms with Crippen LogP contribution in [0.3, 0.4) is 0 Å². The van der Waals surface area contributed by atoms with Gasteiger partial charge in [-0.2, -0.15) is 0 Å². The van der Waals surface area contributed by atoms with Crippen molar-refractivity contribution in [3.05, 3.63) is 76.2 Å². The number of nitrogens with one attached hydrogen (secondary N) is 2. The number of carbonyl (C=O) groups is 2. The van der Waals surface area contributed by atoms with Gasteiger partial charge in [0.1, 0.15) is 22.2 Å². The molecule has 2 aromatic carbocycles. The summed E-state index contributed by atoms with van der Waals surface area (Å²) in [6, 6.07) is 15.1. The highest BCUT2D eigenvalue weighted by Crippen LogP contribution is 2.24. The summed E-state index contributed by atoms with van der Waals surface area (Å²) in [5.74, 6) is -0.842. The number of benzene rings is 2. The van der Waals surface area contributed by atoms with Gasteiger partial charge in [0, 0.05) is 31.1 Å². The molecule has 2 N–H and O–H groups in total. The Bertz CT molecular complexity index is 1200. The summed E-state index contributed by atoms with van der Waals surface area (Å²) in [5.41, 5.74) is 1.58. The van der Waals surface area contributed by atoms with Crippen LogP contribution in [0.4, 0.5) is 13.2 Å². The van der Waals surface area contributed by atoms with Gasteiger partial charge in [0.2, 0.25) is 0 Å². The summed E-state index contributed by atoms with van der Waals surface area (Å²) in [7, 11) is 0. The molecule has 1 aromatic heterocycles. The molecule has 0 radical (unpaired) electrons. The lowest BCUT2D eigenvalue weighted by Gasteiger charge is -2.32. The van der Waals surface area contributed by atoms with E-state index in [2.05, 4.69) is 37.4 Å². The number of piperidine rings is 1. The lowest BCUT2D eigenvalue weighted by Crippen LogP contribution is -2.44. The molecule has 38 heavy (non-hydrogen) atoms. The number of halogens is 3. The number of aromatic nitrogens is 1. The molecule has 0 spiro atoms. The van der Waals surface area contributed by atoms with Gasteiger partial charge in [0.05, 0.1) is 6.54 Å². The molecule has 0 unspecified atom stereocenters. The summed E-state index contributed by atoms with van der Waals surface area (Å²) in [4.78, 5) is 31.4. The fraction of sp³-hybridized carbons (Fsp3) is 0.346. The molecule has 1 aliphatic rings. The number of hydrogen-bond acceptors (Lipinski definition) is 7. The predicted octanol–water partition coefficient (Wildman–Crippen LogP) is 4.13. The normalized spacial score (nSPS) is 14.6. The van der Waals surface area contributed by atoms with Gasteiger partial charge in [-0.25, -0.2) is 4.98 Å². The fourth-order valence-corrected chi connectivity index (χ4v) is 4.66. The molecule has 0 aliphatic carbocycles. The van der Waals surface area contributed by atoms with Crippen LogP contribution in [0.5, 0.6) is 11.5 Å². The van der Waals surface area contributed by atoms with Gasteiger partial charge in [-0.1, -0.05) is 30.3 Å². The minimum Gasteiger partial charge on any atom is -0.484 e. The third-order valence-electron chi connectivity index (χ3n) is 5.82. The molecule has 2 amide bonds. The Labute approximate surface area is 221 Å². The van der Waals surface area contributed by atoms with Crippen LogP contribution in [0.15, 0.2) is 60.0 Å². The van der Waals surface area contributed by atoms with Crippen molar-refractivity contribution in [2.24, 2.45) is 0 Å². The maximum Gasteiger partial charge on any atom is 0.573 e. The van der Waals surface area contributed by atoms with Crippen molar-refractivity contribution >= 4 is 23.2 Å². The molecule has 4 rings (SSSR count). The highest BCUT2D eigenvalue weighted by atomic mass is 32.1. The summed E-state index contributed by atoms with van der Waals surface area (Å²) >= 11 is 1.26. The van der Waals surface area contributed by atoms with E-state index in [4.69, 9.17) is 4.74 Å². The predicted molar refractivity (Wildman–Crippen MR) is 135 cm³/mol. The quantitative estimate of drug-likeness (QED) is 0.396. The molecule has 0 atom stereocenters. The number of nitrogens with zero attached hydrogens (tertiary/aromatic N) is 2. The Kier molecular flexibility index (Phi) is 9.19. The SMILES string of the molecule is O=C(COc1ccc(OC(F)(F)F)cc1)NCc1nc(C(=O)NC2CCN(Cc3ccccc3)CC2)cs1. The second-order valence-corrected chi connectivity index (χ2v) is 9.66. The standard InChI is InChI=1S/C26H27F3N4O4S/c27-26(28,29)37-21-8-6-20(7-9-21)36-16-23(34)30-14-24-32-22(17-38-24)25(35)31-19-10-12-33(13-11-19)15-18-4-2-1-3-5-18/h1-9,17,19H,10-16H2,(H,30,34)(H,31,35). The van der Waals surface area contributed by atoms with Crippen LogP contribution in [0, 0.1) is 0 Å². The van der Waals surface area contributed by atoms with Gasteiger partial charge < -0.3 is 20.1 Å². The van der Waals surface area contributed by atoms with E-state index in [0.29, 0.717) is 10.7 Å². The Morgan fingerprint density at radius 3 is 2.39 bits per heavy atom. The van der Waals surface area contributed by atoms with Gasteiger partial charge in [-0.3, -0.25) is 14.5 Å². The van der Waals surface area contributed by atoms with Crippen molar-refractivity contribution in [1.82, 2.24) is 20.5 Å². The number of thiazole rings is 1. The van der Waals surface area contributed by atoms with Crippen molar-refractivity contribution in [2.45, 2.75) is 38.3 Å². The number of carbonyl (C=O) groups excluding carboxylic acids is 2. The van der Waals surface area contributed by atoms with Crippen molar-refractivity contribution < 1.29 is 32.2 Å². The number of amides is 2. The van der Waals surface area contributed by atoms with E-state index in [1.165, 1.54) is 29.0 Å². The summed E-state index contributed by atoms with van der Waals surface area (Å²) < 4.78 is 45.7. The van der Waals surface area contributed by atoms with Crippen LogP contribution in [0.1, 0.15) is 33.9 Å². The van der Waals surface area contributed by atoms with Gasteiger partial charge in [-0.05, 0) is 42.7 Å². The van der Waals surface area contributed by atoms with Crippen molar-refractivity contribution in [1.29, 1.82) is 0 Å². The van der Waals surface area contributed by atoms with E-state index < -0.39 is 12.3 Å². The van der Waals surface area contributed by atoms with Crippen molar-refractivity contribution in [3.8, 4) is 11.5 Å². The van der Waals surface area contributed by atoms with Gasteiger partial charge >= 0.3 is 6.36 Å². The molecule has 202 valence electrons. The van der Waals surface area contributed by atoms with E-state index in [1.807, 2.05) is 18.2 Å². The maximum atomic E-state index is 12.6. The first kappa shape index (κ1) is 27.4. The summed E-state index contributed by atoms with van der Waals surface area (Å²) in [5, 5.41) is 7.92. The second kappa shape index (κ2) is 12.7. The molecular weight excluding hydrogens is 521 g/mol. The van der Waals surface area contributed by atoms with E-state index in [9.17, 15) is 22.8 Å². The molecule has 1 saturated heterocycles. The first-order chi connectivity index (χ1) is 18.2. The molecule has 1 fully saturated rings. The topological polar surface area (TPSA) is 92.8 Å². The molecule has 12 heteroatoms. The molecule has 8 nitrogen and oxygen atoms in total. The number of rotatable bonds is 10. The average Bonchev–Trinajstić information content (AvgIpc) is 3.37. The monoisotopic (exact) mass is 548 g/mol. The lowest BCUT2D eigenvalue weighted by molar-refractivity contribution is -0.274. The average molecular weight is 549 g/mol. The van der Waals surface area contributed by atoms with Crippen LogP contribution in [-0.2, 0) is 17.9 Å². The summed E-state index contributed by atoms with van der Waals surface area (Å²) in [6.45, 7) is 2.50. The number of alkyl halides is 3. The Morgan fingerprint density at radius 1 is 1.03 bits per heavy atom. The zero-order chi connectivity index (χ0) is 27.0.